The third kappa shape index (κ3) is 4.65. The van der Waals surface area contributed by atoms with Crippen LogP contribution in [0.5, 0.6) is 0 Å². The normalized spacial score (nSPS) is 16.1. The van der Waals surface area contributed by atoms with Gasteiger partial charge in [0.05, 0.1) is 5.60 Å². The highest BCUT2D eigenvalue weighted by Crippen LogP contribution is 2.34. The van der Waals surface area contributed by atoms with E-state index >= 15 is 0 Å². The van der Waals surface area contributed by atoms with Gasteiger partial charge in [-0.2, -0.15) is 0 Å². The van der Waals surface area contributed by atoms with Crippen molar-refractivity contribution in [1.29, 1.82) is 0 Å². The van der Waals surface area contributed by atoms with E-state index in [1.165, 1.54) is 30.4 Å². The van der Waals surface area contributed by atoms with Crippen LogP contribution in [0.4, 0.5) is 0 Å². The predicted octanol–water partition coefficient (Wildman–Crippen LogP) is 5.12. The van der Waals surface area contributed by atoms with E-state index in [0.717, 1.165) is 18.4 Å². The van der Waals surface area contributed by atoms with Crippen LogP contribution in [0, 0.1) is 19.8 Å². The van der Waals surface area contributed by atoms with Crippen LogP contribution in [0.1, 0.15) is 69.6 Å². The van der Waals surface area contributed by atoms with E-state index in [1.54, 1.807) is 0 Å². The van der Waals surface area contributed by atoms with Crippen molar-refractivity contribution in [2.24, 2.45) is 5.92 Å². The third-order valence-electron chi connectivity index (χ3n) is 4.20. The maximum Gasteiger partial charge on any atom is 0.0873 e. The van der Waals surface area contributed by atoms with Crippen LogP contribution in [0.25, 0.3) is 0 Å². The van der Waals surface area contributed by atoms with E-state index in [1.807, 2.05) is 6.92 Å². The minimum atomic E-state index is -0.704. The Bertz CT molecular complexity index is 393. The summed E-state index contributed by atoms with van der Waals surface area (Å²) in [6.07, 6.45) is 5.76. The van der Waals surface area contributed by atoms with Crippen LogP contribution >= 0.6 is 0 Å². The Hall–Kier alpha value is -0.820. The van der Waals surface area contributed by atoms with E-state index < -0.39 is 5.60 Å². The highest BCUT2D eigenvalue weighted by molar-refractivity contribution is 5.34. The Morgan fingerprint density at radius 1 is 1.21 bits per heavy atom. The molecule has 1 N–H and O–H groups in total. The maximum atomic E-state index is 10.9. The van der Waals surface area contributed by atoms with Gasteiger partial charge in [0.25, 0.3) is 0 Å². The summed E-state index contributed by atoms with van der Waals surface area (Å²) in [6.45, 7) is 10.6. The average molecular weight is 262 g/mol. The van der Waals surface area contributed by atoms with Gasteiger partial charge < -0.3 is 5.11 Å². The molecule has 1 aromatic carbocycles. The topological polar surface area (TPSA) is 20.2 Å². The van der Waals surface area contributed by atoms with Gasteiger partial charge in [-0.3, -0.25) is 0 Å². The van der Waals surface area contributed by atoms with Gasteiger partial charge in [0, 0.05) is 0 Å². The Morgan fingerprint density at radius 2 is 1.89 bits per heavy atom. The lowest BCUT2D eigenvalue weighted by Gasteiger charge is -2.30. The number of rotatable bonds is 7. The van der Waals surface area contributed by atoms with Gasteiger partial charge in [0.2, 0.25) is 0 Å². The molecule has 0 heterocycles. The monoisotopic (exact) mass is 262 g/mol. The van der Waals surface area contributed by atoms with Gasteiger partial charge in [-0.1, -0.05) is 63.3 Å². The van der Waals surface area contributed by atoms with Crippen LogP contribution in [-0.4, -0.2) is 5.11 Å². The Balaban J connectivity index is 2.86. The first-order valence-corrected chi connectivity index (χ1v) is 7.70. The zero-order valence-electron chi connectivity index (χ0n) is 13.3. The second-order valence-corrected chi connectivity index (χ2v) is 6.21. The molecule has 1 heteroatoms. The molecule has 0 spiro atoms. The summed E-state index contributed by atoms with van der Waals surface area (Å²) in [5, 5.41) is 10.9. The van der Waals surface area contributed by atoms with Gasteiger partial charge in [-0.05, 0) is 44.2 Å². The molecular weight excluding hydrogens is 232 g/mol. The molecule has 0 bridgehead atoms. The van der Waals surface area contributed by atoms with E-state index in [4.69, 9.17) is 0 Å². The molecule has 108 valence electrons. The summed E-state index contributed by atoms with van der Waals surface area (Å²) < 4.78 is 0. The maximum absolute atomic E-state index is 10.9. The molecule has 1 nitrogen and oxygen atoms in total. The molecule has 0 fully saturated rings. The SMILES string of the molecule is CCCCC(CC)CC(C)(O)c1cc(C)ccc1C. The zero-order valence-corrected chi connectivity index (χ0v) is 13.3. The summed E-state index contributed by atoms with van der Waals surface area (Å²) >= 11 is 0. The second-order valence-electron chi connectivity index (χ2n) is 6.21. The molecule has 0 saturated carbocycles. The number of aliphatic hydroxyl groups is 1. The van der Waals surface area contributed by atoms with Gasteiger partial charge in [0.15, 0.2) is 0 Å². The Labute approximate surface area is 119 Å². The van der Waals surface area contributed by atoms with Crippen LogP contribution in [0.15, 0.2) is 18.2 Å². The van der Waals surface area contributed by atoms with Crippen LogP contribution in [-0.2, 0) is 5.60 Å². The standard InChI is InChI=1S/C18H30O/c1-6-8-9-16(7-2)13-18(5,19)17-12-14(3)10-11-15(17)4/h10-12,16,19H,6-9,13H2,1-5H3. The van der Waals surface area contributed by atoms with E-state index in [0.29, 0.717) is 5.92 Å². The van der Waals surface area contributed by atoms with Crippen molar-refractivity contribution < 1.29 is 5.11 Å². The Morgan fingerprint density at radius 3 is 2.47 bits per heavy atom. The molecule has 1 aromatic rings. The lowest BCUT2D eigenvalue weighted by Crippen LogP contribution is -2.26. The summed E-state index contributed by atoms with van der Waals surface area (Å²) in [6, 6.07) is 6.37. The molecule has 0 aliphatic heterocycles. The van der Waals surface area contributed by atoms with E-state index in [9.17, 15) is 5.11 Å². The van der Waals surface area contributed by atoms with E-state index in [-0.39, 0.29) is 0 Å². The molecule has 19 heavy (non-hydrogen) atoms. The minimum Gasteiger partial charge on any atom is -0.385 e. The molecule has 0 aliphatic carbocycles. The smallest absolute Gasteiger partial charge is 0.0873 e. The number of benzene rings is 1. The fourth-order valence-electron chi connectivity index (χ4n) is 2.93. The van der Waals surface area contributed by atoms with Crippen molar-refractivity contribution in [1.82, 2.24) is 0 Å². The highest BCUT2D eigenvalue weighted by atomic mass is 16.3. The largest absolute Gasteiger partial charge is 0.385 e. The number of hydrogen-bond donors (Lipinski definition) is 1. The molecule has 0 aromatic heterocycles. The number of unbranched alkanes of at least 4 members (excludes halogenated alkanes) is 1. The van der Waals surface area contributed by atoms with Gasteiger partial charge in [-0.25, -0.2) is 0 Å². The van der Waals surface area contributed by atoms with Gasteiger partial charge >= 0.3 is 0 Å². The summed E-state index contributed by atoms with van der Waals surface area (Å²) in [5.41, 5.74) is 2.82. The van der Waals surface area contributed by atoms with Crippen LogP contribution in [0.3, 0.4) is 0 Å². The fourth-order valence-corrected chi connectivity index (χ4v) is 2.93. The zero-order chi connectivity index (χ0) is 14.5. The lowest BCUT2D eigenvalue weighted by molar-refractivity contribution is 0.0269. The highest BCUT2D eigenvalue weighted by Gasteiger charge is 2.28. The van der Waals surface area contributed by atoms with Crippen molar-refractivity contribution in [2.75, 3.05) is 0 Å². The first-order valence-electron chi connectivity index (χ1n) is 7.70. The second kappa shape index (κ2) is 7.09. The molecule has 0 saturated heterocycles. The Kier molecular flexibility index (Phi) is 6.06. The summed E-state index contributed by atoms with van der Waals surface area (Å²) in [5.74, 6) is 0.620. The molecule has 0 aliphatic rings. The first-order chi connectivity index (χ1) is 8.90. The number of aryl methyl sites for hydroxylation is 2. The van der Waals surface area contributed by atoms with Crippen molar-refractivity contribution in [3.05, 3.63) is 34.9 Å². The van der Waals surface area contributed by atoms with Crippen LogP contribution < -0.4 is 0 Å². The van der Waals surface area contributed by atoms with Crippen molar-refractivity contribution >= 4 is 0 Å². The quantitative estimate of drug-likeness (QED) is 0.723. The van der Waals surface area contributed by atoms with Gasteiger partial charge in [-0.15, -0.1) is 0 Å². The number of hydrogen-bond acceptors (Lipinski definition) is 1. The molecule has 1 rings (SSSR count). The van der Waals surface area contributed by atoms with E-state index in [2.05, 4.69) is 45.9 Å². The molecule has 2 unspecified atom stereocenters. The van der Waals surface area contributed by atoms with Crippen molar-refractivity contribution in [3.63, 3.8) is 0 Å². The minimum absolute atomic E-state index is 0.620. The molecule has 0 amide bonds. The average Bonchev–Trinajstić information content (AvgIpc) is 2.37. The molecule has 0 radical (unpaired) electrons. The molecular formula is C18H30O. The first kappa shape index (κ1) is 16.2. The van der Waals surface area contributed by atoms with Crippen LogP contribution in [0.2, 0.25) is 0 Å². The summed E-state index contributed by atoms with van der Waals surface area (Å²) in [4.78, 5) is 0. The summed E-state index contributed by atoms with van der Waals surface area (Å²) in [7, 11) is 0. The predicted molar refractivity (Wildman–Crippen MR) is 83.4 cm³/mol. The lowest BCUT2D eigenvalue weighted by atomic mass is 9.81. The fraction of sp³-hybridized carbons (Fsp3) is 0.667. The molecule has 2 atom stereocenters. The van der Waals surface area contributed by atoms with Gasteiger partial charge in [0.1, 0.15) is 0 Å². The third-order valence-corrected chi connectivity index (χ3v) is 4.20. The van der Waals surface area contributed by atoms with Crippen molar-refractivity contribution in [2.45, 2.75) is 72.3 Å². The van der Waals surface area contributed by atoms with Crippen molar-refractivity contribution in [3.8, 4) is 0 Å².